The number of sulfonamides is 1. The lowest BCUT2D eigenvalue weighted by molar-refractivity contribution is -0.0441. The van der Waals surface area contributed by atoms with Gasteiger partial charge in [-0.05, 0) is 56.3 Å². The smallest absolute Gasteiger partial charge is 0.332 e. The van der Waals surface area contributed by atoms with Gasteiger partial charge in [-0.2, -0.15) is 12.7 Å². The van der Waals surface area contributed by atoms with Gasteiger partial charge < -0.3 is 19.0 Å². The van der Waals surface area contributed by atoms with Crippen molar-refractivity contribution < 1.29 is 35.3 Å². The minimum Gasteiger partial charge on any atom is -0.495 e. The molecule has 12 heteroatoms. The zero-order valence-corrected chi connectivity index (χ0v) is 20.4. The van der Waals surface area contributed by atoms with Gasteiger partial charge in [-0.15, -0.1) is 0 Å². The first-order chi connectivity index (χ1) is 16.0. The number of ether oxygens (including phenoxy) is 2. The molecule has 10 nitrogen and oxygen atoms in total. The van der Waals surface area contributed by atoms with Crippen molar-refractivity contribution in [2.24, 2.45) is 0 Å². The Balaban J connectivity index is 1.61. The van der Waals surface area contributed by atoms with Crippen LogP contribution in [-0.2, 0) is 24.9 Å². The van der Waals surface area contributed by atoms with Crippen LogP contribution in [0.5, 0.6) is 11.5 Å². The molecule has 0 unspecified atom stereocenters. The van der Waals surface area contributed by atoms with Gasteiger partial charge in [0.15, 0.2) is 0 Å². The van der Waals surface area contributed by atoms with E-state index in [2.05, 4.69) is 5.32 Å². The van der Waals surface area contributed by atoms with E-state index in [9.17, 15) is 21.6 Å². The number of hydrogen-bond acceptors (Lipinski definition) is 8. The molecule has 2 aromatic rings. The summed E-state index contributed by atoms with van der Waals surface area (Å²) < 4.78 is 67.0. The SMILES string of the molecule is COc1ccc(C(=O)Nc2ccc3c(c2)C=CS(=O)(=O)O3)cc1S(=O)(=O)N1C[C@@H](C)O[C@@H](C)C1. The molecule has 0 radical (unpaired) electrons. The predicted molar refractivity (Wildman–Crippen MR) is 125 cm³/mol. The highest BCUT2D eigenvalue weighted by Gasteiger charge is 2.34. The highest BCUT2D eigenvalue weighted by atomic mass is 32.2. The average molecular weight is 509 g/mol. The average Bonchev–Trinajstić information content (AvgIpc) is 2.77. The zero-order valence-electron chi connectivity index (χ0n) is 18.7. The first kappa shape index (κ1) is 24.2. The standard InChI is InChI=1S/C22H24N2O8S2/c1-14-12-24(13-15(2)31-14)34(28,29)21-11-17(4-6-20(21)30-3)22(25)23-18-5-7-19-16(10-18)8-9-33(26,27)32-19/h4-11,14-15H,12-13H2,1-3H3,(H,23,25)/t14-,15+. The second kappa shape index (κ2) is 9.02. The van der Waals surface area contributed by atoms with Crippen molar-refractivity contribution >= 4 is 37.8 Å². The molecular formula is C22H24N2O8S2. The van der Waals surface area contributed by atoms with Gasteiger partial charge >= 0.3 is 10.1 Å². The van der Waals surface area contributed by atoms with Crippen LogP contribution in [0.3, 0.4) is 0 Å². The Kier molecular flexibility index (Phi) is 6.42. The van der Waals surface area contributed by atoms with Crippen LogP contribution in [0.4, 0.5) is 5.69 Å². The fraction of sp³-hybridized carbons (Fsp3) is 0.318. The molecule has 2 atom stereocenters. The molecule has 2 aliphatic heterocycles. The number of amides is 1. The topological polar surface area (TPSA) is 128 Å². The third kappa shape index (κ3) is 4.94. The van der Waals surface area contributed by atoms with E-state index in [0.717, 1.165) is 5.41 Å². The summed E-state index contributed by atoms with van der Waals surface area (Å²) in [5.41, 5.74) is 0.967. The number of rotatable bonds is 5. The van der Waals surface area contributed by atoms with Crippen molar-refractivity contribution in [3.8, 4) is 11.5 Å². The molecular weight excluding hydrogens is 484 g/mol. The molecule has 0 bridgehead atoms. The number of methoxy groups -OCH3 is 1. The summed E-state index contributed by atoms with van der Waals surface area (Å²) in [5.74, 6) is -0.274. The summed E-state index contributed by atoms with van der Waals surface area (Å²) in [6.07, 6.45) is 0.827. The van der Waals surface area contributed by atoms with Gasteiger partial charge in [0.2, 0.25) is 10.0 Å². The van der Waals surface area contributed by atoms with Crippen molar-refractivity contribution in [3.05, 3.63) is 52.9 Å². The Bertz CT molecular complexity index is 1360. The third-order valence-corrected chi connectivity index (χ3v) is 8.05. The molecule has 34 heavy (non-hydrogen) atoms. The maximum absolute atomic E-state index is 13.4. The van der Waals surface area contributed by atoms with Crippen LogP contribution in [-0.4, -0.2) is 59.5 Å². The number of benzene rings is 2. The van der Waals surface area contributed by atoms with Crippen LogP contribution in [0.2, 0.25) is 0 Å². The van der Waals surface area contributed by atoms with Crippen molar-refractivity contribution in [2.75, 3.05) is 25.5 Å². The summed E-state index contributed by atoms with van der Waals surface area (Å²) in [6.45, 7) is 3.97. The highest BCUT2D eigenvalue weighted by Crippen LogP contribution is 2.32. The van der Waals surface area contributed by atoms with Crippen molar-refractivity contribution in [2.45, 2.75) is 31.0 Å². The maximum Gasteiger partial charge on any atom is 0.332 e. The maximum atomic E-state index is 13.4. The molecule has 1 fully saturated rings. The number of carbonyl (C=O) groups is 1. The van der Waals surface area contributed by atoms with Crippen molar-refractivity contribution in [3.63, 3.8) is 0 Å². The normalized spacial score (nSPS) is 21.9. The molecule has 0 aliphatic carbocycles. The van der Waals surface area contributed by atoms with Crippen LogP contribution in [0, 0.1) is 0 Å². The van der Waals surface area contributed by atoms with Gasteiger partial charge in [0.1, 0.15) is 16.4 Å². The lowest BCUT2D eigenvalue weighted by Crippen LogP contribution is -2.48. The minimum absolute atomic E-state index is 0.112. The third-order valence-electron chi connectivity index (χ3n) is 5.32. The number of anilines is 1. The highest BCUT2D eigenvalue weighted by molar-refractivity contribution is 7.90. The van der Waals surface area contributed by atoms with Gasteiger partial charge in [-0.3, -0.25) is 4.79 Å². The molecule has 2 aromatic carbocycles. The number of nitrogens with one attached hydrogen (secondary N) is 1. The van der Waals surface area contributed by atoms with Crippen molar-refractivity contribution in [1.29, 1.82) is 0 Å². The van der Waals surface area contributed by atoms with E-state index < -0.39 is 26.0 Å². The summed E-state index contributed by atoms with van der Waals surface area (Å²) in [7, 11) is -6.36. The first-order valence-corrected chi connectivity index (χ1v) is 13.3. The molecule has 1 saturated heterocycles. The first-order valence-electron chi connectivity index (χ1n) is 10.4. The zero-order chi connectivity index (χ0) is 24.7. The summed E-state index contributed by atoms with van der Waals surface area (Å²) >= 11 is 0. The largest absolute Gasteiger partial charge is 0.495 e. The molecule has 0 aromatic heterocycles. The van der Waals surface area contributed by atoms with Crippen LogP contribution in [0.1, 0.15) is 29.8 Å². The lowest BCUT2D eigenvalue weighted by Gasteiger charge is -2.34. The Morgan fingerprint density at radius 3 is 2.50 bits per heavy atom. The van der Waals surface area contributed by atoms with E-state index in [4.69, 9.17) is 13.7 Å². The lowest BCUT2D eigenvalue weighted by atomic mass is 10.1. The summed E-state index contributed by atoms with van der Waals surface area (Å²) in [4.78, 5) is 12.8. The molecule has 0 spiro atoms. The molecule has 182 valence electrons. The van der Waals surface area contributed by atoms with Gasteiger partial charge in [0.05, 0.1) is 24.7 Å². The van der Waals surface area contributed by atoms with Crippen LogP contribution >= 0.6 is 0 Å². The number of fused-ring (bicyclic) bond motifs is 1. The predicted octanol–water partition coefficient (Wildman–Crippen LogP) is 2.44. The molecule has 2 aliphatic rings. The molecule has 1 N–H and O–H groups in total. The van der Waals surface area contributed by atoms with E-state index in [1.807, 2.05) is 0 Å². The quantitative estimate of drug-likeness (QED) is 0.610. The number of hydrogen-bond donors (Lipinski definition) is 1. The Hall–Kier alpha value is -2.93. The van der Waals surface area contributed by atoms with Gasteiger partial charge in [-0.1, -0.05) is 0 Å². The number of morpholine rings is 1. The molecule has 2 heterocycles. The Labute approximate surface area is 198 Å². The van der Waals surface area contributed by atoms with Crippen molar-refractivity contribution in [1.82, 2.24) is 4.31 Å². The Morgan fingerprint density at radius 2 is 1.82 bits per heavy atom. The van der Waals surface area contributed by atoms with Gasteiger partial charge in [0, 0.05) is 29.9 Å². The fourth-order valence-electron chi connectivity index (χ4n) is 3.83. The monoisotopic (exact) mass is 508 g/mol. The van der Waals surface area contributed by atoms with E-state index >= 15 is 0 Å². The second-order valence-electron chi connectivity index (χ2n) is 8.03. The van der Waals surface area contributed by atoms with Crippen LogP contribution in [0.15, 0.2) is 46.7 Å². The summed E-state index contributed by atoms with van der Waals surface area (Å²) in [5, 5.41) is 3.62. The van der Waals surface area contributed by atoms with Crippen LogP contribution in [0.25, 0.3) is 6.08 Å². The molecule has 1 amide bonds. The van der Waals surface area contributed by atoms with E-state index in [0.29, 0.717) is 11.3 Å². The van der Waals surface area contributed by atoms with Gasteiger partial charge in [0.25, 0.3) is 5.91 Å². The van der Waals surface area contributed by atoms with E-state index in [-0.39, 0.29) is 47.3 Å². The molecule has 4 rings (SSSR count). The Morgan fingerprint density at radius 1 is 1.12 bits per heavy atom. The fourth-order valence-corrected chi connectivity index (χ4v) is 6.37. The molecule has 0 saturated carbocycles. The van der Waals surface area contributed by atoms with E-state index in [1.165, 1.54) is 47.8 Å². The number of nitrogens with zero attached hydrogens (tertiary/aromatic N) is 1. The summed E-state index contributed by atoms with van der Waals surface area (Å²) in [6, 6.07) is 8.65. The second-order valence-corrected chi connectivity index (χ2v) is 11.4. The van der Waals surface area contributed by atoms with Gasteiger partial charge in [-0.25, -0.2) is 8.42 Å². The van der Waals surface area contributed by atoms with Crippen LogP contribution < -0.4 is 14.2 Å². The number of carbonyl (C=O) groups excluding carboxylic acids is 1. The van der Waals surface area contributed by atoms with E-state index in [1.54, 1.807) is 19.9 Å². The minimum atomic E-state index is -3.96.